The fourth-order valence-corrected chi connectivity index (χ4v) is 4.53. The highest BCUT2D eigenvalue weighted by atomic mass is 79.9. The number of sulfonamides is 1. The van der Waals surface area contributed by atoms with Crippen molar-refractivity contribution in [2.75, 3.05) is 13.6 Å². The number of halogens is 1. The first-order chi connectivity index (χ1) is 9.94. The van der Waals surface area contributed by atoms with E-state index in [0.717, 1.165) is 29.9 Å². The smallest absolute Gasteiger partial charge is 0.241 e. The van der Waals surface area contributed by atoms with Crippen LogP contribution in [-0.2, 0) is 16.6 Å². The lowest BCUT2D eigenvalue weighted by atomic mass is 10.1. The van der Waals surface area contributed by atoms with E-state index in [4.69, 9.17) is 0 Å². The van der Waals surface area contributed by atoms with Gasteiger partial charge in [0.15, 0.2) is 0 Å². The first-order valence-corrected chi connectivity index (χ1v) is 9.65. The third-order valence-corrected chi connectivity index (χ3v) is 6.53. The largest absolute Gasteiger partial charge is 0.316 e. The first-order valence-electron chi connectivity index (χ1n) is 7.37. The molecule has 0 aromatic heterocycles. The molecule has 1 saturated carbocycles. The number of aryl methyl sites for hydroxylation is 1. The molecular weight excluding hydrogens is 352 g/mol. The van der Waals surface area contributed by atoms with E-state index in [1.165, 1.54) is 12.8 Å². The molecule has 1 fully saturated rings. The van der Waals surface area contributed by atoms with Crippen LogP contribution in [-0.4, -0.2) is 22.0 Å². The molecule has 118 valence electrons. The molecule has 0 heterocycles. The summed E-state index contributed by atoms with van der Waals surface area (Å²) in [5.41, 5.74) is 1.90. The van der Waals surface area contributed by atoms with Gasteiger partial charge in [-0.1, -0.05) is 18.9 Å². The molecule has 0 atom stereocenters. The molecule has 0 aliphatic heterocycles. The molecule has 0 radical (unpaired) electrons. The van der Waals surface area contributed by atoms with Gasteiger partial charge in [0.1, 0.15) is 0 Å². The van der Waals surface area contributed by atoms with Crippen LogP contribution in [0.25, 0.3) is 0 Å². The zero-order valence-electron chi connectivity index (χ0n) is 12.6. The van der Waals surface area contributed by atoms with Crippen LogP contribution in [0.3, 0.4) is 0 Å². The van der Waals surface area contributed by atoms with Crippen molar-refractivity contribution in [2.24, 2.45) is 5.92 Å². The van der Waals surface area contributed by atoms with E-state index < -0.39 is 10.0 Å². The van der Waals surface area contributed by atoms with E-state index in [2.05, 4.69) is 26.0 Å². The van der Waals surface area contributed by atoms with Crippen LogP contribution in [0.1, 0.15) is 36.8 Å². The van der Waals surface area contributed by atoms with Crippen LogP contribution < -0.4 is 10.0 Å². The van der Waals surface area contributed by atoms with Crippen molar-refractivity contribution in [3.05, 3.63) is 27.7 Å². The molecule has 1 aliphatic rings. The molecule has 0 unspecified atom stereocenters. The number of hydrogen-bond donors (Lipinski definition) is 2. The lowest BCUT2D eigenvalue weighted by molar-refractivity contribution is 0.572. The summed E-state index contributed by atoms with van der Waals surface area (Å²) in [6.07, 6.45) is 4.66. The molecule has 6 heteroatoms. The highest BCUT2D eigenvalue weighted by Crippen LogP contribution is 2.33. The van der Waals surface area contributed by atoms with E-state index in [9.17, 15) is 8.42 Å². The summed E-state index contributed by atoms with van der Waals surface area (Å²) in [6.45, 7) is 3.08. The number of nitrogens with one attached hydrogen (secondary N) is 2. The average molecular weight is 375 g/mol. The van der Waals surface area contributed by atoms with Crippen LogP contribution in [0, 0.1) is 12.8 Å². The second-order valence-electron chi connectivity index (χ2n) is 5.74. The van der Waals surface area contributed by atoms with E-state index in [1.54, 1.807) is 6.07 Å². The molecule has 2 N–H and O–H groups in total. The fourth-order valence-electron chi connectivity index (χ4n) is 2.39. The van der Waals surface area contributed by atoms with E-state index in [-0.39, 0.29) is 0 Å². The van der Waals surface area contributed by atoms with Gasteiger partial charge < -0.3 is 5.32 Å². The van der Waals surface area contributed by atoms with Gasteiger partial charge in [0, 0.05) is 17.6 Å². The lowest BCUT2D eigenvalue weighted by Crippen LogP contribution is -2.25. The Balaban J connectivity index is 2.09. The van der Waals surface area contributed by atoms with E-state index in [0.29, 0.717) is 22.5 Å². The monoisotopic (exact) mass is 374 g/mol. The molecule has 21 heavy (non-hydrogen) atoms. The molecule has 1 aromatic carbocycles. The molecule has 4 nitrogen and oxygen atoms in total. The Morgan fingerprint density at radius 1 is 1.33 bits per heavy atom. The SMILES string of the molecule is CNCc1cc(C)c(Br)c(S(=O)(=O)NCCCC2CC2)c1. The fraction of sp³-hybridized carbons (Fsp3) is 0.600. The Morgan fingerprint density at radius 3 is 2.67 bits per heavy atom. The quantitative estimate of drug-likeness (QED) is 0.687. The maximum atomic E-state index is 12.5. The maximum Gasteiger partial charge on any atom is 0.241 e. The molecule has 0 amide bonds. The Labute approximate surface area is 135 Å². The summed E-state index contributed by atoms with van der Waals surface area (Å²) in [7, 11) is -1.61. The Hall–Kier alpha value is -0.430. The predicted molar refractivity (Wildman–Crippen MR) is 88.8 cm³/mol. The summed E-state index contributed by atoms with van der Waals surface area (Å²) >= 11 is 3.40. The lowest BCUT2D eigenvalue weighted by Gasteiger charge is -2.12. The Bertz CT molecular complexity index is 598. The van der Waals surface area contributed by atoms with Crippen molar-refractivity contribution in [2.45, 2.75) is 44.0 Å². The van der Waals surface area contributed by atoms with E-state index >= 15 is 0 Å². The summed E-state index contributed by atoms with van der Waals surface area (Å²) in [4.78, 5) is 0.333. The zero-order valence-corrected chi connectivity index (χ0v) is 15.0. The van der Waals surface area contributed by atoms with Crippen molar-refractivity contribution in [1.29, 1.82) is 0 Å². The summed E-state index contributed by atoms with van der Waals surface area (Å²) < 4.78 is 28.3. The number of benzene rings is 1. The van der Waals surface area contributed by atoms with Gasteiger partial charge in [0.25, 0.3) is 0 Å². The van der Waals surface area contributed by atoms with Gasteiger partial charge in [-0.2, -0.15) is 0 Å². The highest BCUT2D eigenvalue weighted by molar-refractivity contribution is 9.10. The average Bonchev–Trinajstić information content (AvgIpc) is 3.23. The van der Waals surface area contributed by atoms with Gasteiger partial charge in [0.05, 0.1) is 4.90 Å². The van der Waals surface area contributed by atoms with Gasteiger partial charge >= 0.3 is 0 Å². The second kappa shape index (κ2) is 7.22. The second-order valence-corrected chi connectivity index (χ2v) is 8.27. The molecule has 0 bridgehead atoms. The number of rotatable bonds is 8. The minimum absolute atomic E-state index is 0.333. The van der Waals surface area contributed by atoms with Crippen LogP contribution in [0.4, 0.5) is 0 Å². The normalized spacial score (nSPS) is 15.4. The van der Waals surface area contributed by atoms with Gasteiger partial charge in [-0.05, 0) is 65.9 Å². The van der Waals surface area contributed by atoms with Crippen LogP contribution in [0.15, 0.2) is 21.5 Å². The minimum Gasteiger partial charge on any atom is -0.316 e. The highest BCUT2D eigenvalue weighted by Gasteiger charge is 2.22. The third-order valence-electron chi connectivity index (χ3n) is 3.73. The number of hydrogen-bond acceptors (Lipinski definition) is 3. The van der Waals surface area contributed by atoms with Gasteiger partial charge in [-0.3, -0.25) is 0 Å². The van der Waals surface area contributed by atoms with Crippen molar-refractivity contribution in [3.8, 4) is 0 Å². The molecule has 0 saturated heterocycles. The first kappa shape index (κ1) is 16.9. The van der Waals surface area contributed by atoms with Crippen LogP contribution >= 0.6 is 15.9 Å². The molecule has 0 spiro atoms. The summed E-state index contributed by atoms with van der Waals surface area (Å²) in [5, 5.41) is 3.05. The van der Waals surface area contributed by atoms with Gasteiger partial charge in [0.2, 0.25) is 10.0 Å². The van der Waals surface area contributed by atoms with Crippen molar-refractivity contribution in [3.63, 3.8) is 0 Å². The van der Waals surface area contributed by atoms with Crippen molar-refractivity contribution >= 4 is 26.0 Å². The molecule has 1 aromatic rings. The molecule has 1 aliphatic carbocycles. The Kier molecular flexibility index (Phi) is 5.82. The molecular formula is C15H23BrN2O2S. The third kappa shape index (κ3) is 4.77. The van der Waals surface area contributed by atoms with Crippen molar-refractivity contribution < 1.29 is 8.42 Å². The van der Waals surface area contributed by atoms with E-state index in [1.807, 2.05) is 20.0 Å². The summed E-state index contributed by atoms with van der Waals surface area (Å²) in [5.74, 6) is 0.836. The van der Waals surface area contributed by atoms with Crippen LogP contribution in [0.5, 0.6) is 0 Å². The van der Waals surface area contributed by atoms with Crippen LogP contribution in [0.2, 0.25) is 0 Å². The predicted octanol–water partition coefficient (Wildman–Crippen LogP) is 2.95. The summed E-state index contributed by atoms with van der Waals surface area (Å²) in [6, 6.07) is 3.73. The Morgan fingerprint density at radius 2 is 2.05 bits per heavy atom. The zero-order chi connectivity index (χ0) is 15.5. The standard InChI is InChI=1S/C15H23BrN2O2S/c1-11-8-13(10-17-2)9-14(15(11)16)21(19,20)18-7-3-4-12-5-6-12/h8-9,12,17-18H,3-7,10H2,1-2H3. The van der Waals surface area contributed by atoms with Gasteiger partial charge in [-0.25, -0.2) is 13.1 Å². The van der Waals surface area contributed by atoms with Crippen molar-refractivity contribution in [1.82, 2.24) is 10.0 Å². The van der Waals surface area contributed by atoms with Gasteiger partial charge in [-0.15, -0.1) is 0 Å². The minimum atomic E-state index is -3.46. The molecule has 2 rings (SSSR count). The maximum absolute atomic E-state index is 12.5. The topological polar surface area (TPSA) is 58.2 Å².